The lowest BCUT2D eigenvalue weighted by atomic mass is 9.84. The van der Waals surface area contributed by atoms with Crippen LogP contribution in [0.1, 0.15) is 38.3 Å². The first-order valence-electron chi connectivity index (χ1n) is 8.03. The predicted molar refractivity (Wildman–Crippen MR) is 87.9 cm³/mol. The van der Waals surface area contributed by atoms with Gasteiger partial charge in [0.25, 0.3) is 0 Å². The fourth-order valence-electron chi connectivity index (χ4n) is 4.23. The summed E-state index contributed by atoms with van der Waals surface area (Å²) in [4.78, 5) is 22.6. The second kappa shape index (κ2) is 6.22. The minimum atomic E-state index is -0.552. The lowest BCUT2D eigenvalue weighted by molar-refractivity contribution is -0.390. The number of halogens is 1. The molecule has 126 valence electrons. The Morgan fingerprint density at radius 3 is 2.78 bits per heavy atom. The number of aromatic nitrogens is 2. The molecule has 0 radical (unpaired) electrons. The molecule has 23 heavy (non-hydrogen) atoms. The van der Waals surface area contributed by atoms with Crippen molar-refractivity contribution in [2.24, 2.45) is 17.8 Å². The Morgan fingerprint density at radius 2 is 2.26 bits per heavy atom. The molecule has 1 aromatic rings. The zero-order valence-corrected chi connectivity index (χ0v) is 14.9. The maximum absolute atomic E-state index is 12.3. The van der Waals surface area contributed by atoms with Crippen molar-refractivity contribution < 1.29 is 9.72 Å². The lowest BCUT2D eigenvalue weighted by Crippen LogP contribution is -2.41. The molecule has 8 heteroatoms. The first-order valence-corrected chi connectivity index (χ1v) is 8.82. The van der Waals surface area contributed by atoms with Gasteiger partial charge in [-0.3, -0.25) is 4.79 Å². The van der Waals surface area contributed by atoms with Crippen LogP contribution >= 0.6 is 15.9 Å². The number of rotatable bonds is 5. The molecule has 1 aromatic heterocycles. The third-order valence-electron chi connectivity index (χ3n) is 5.41. The maximum atomic E-state index is 12.3. The Morgan fingerprint density at radius 1 is 1.52 bits per heavy atom. The number of nitrogens with one attached hydrogen (secondary N) is 1. The number of hydrogen-bond donors (Lipinski definition) is 1. The van der Waals surface area contributed by atoms with Crippen molar-refractivity contribution in [1.29, 1.82) is 0 Å². The molecule has 2 aliphatic carbocycles. The van der Waals surface area contributed by atoms with Crippen molar-refractivity contribution in [3.05, 3.63) is 20.3 Å². The Balaban J connectivity index is 1.61. The quantitative estimate of drug-likeness (QED) is 0.624. The minimum absolute atomic E-state index is 0.00340. The standard InChI is InChI=1S/C15H21BrN4O3/c1-8(12-6-10-3-4-11(12)5-10)17-13(21)7-19-9(2)14(16)15(18-19)20(22)23/h8,10-12H,3-7H2,1-2H3,(H,17,21)/t8-,10-,11-,12+/m1/s1. The topological polar surface area (TPSA) is 90.1 Å². The van der Waals surface area contributed by atoms with E-state index >= 15 is 0 Å². The highest BCUT2D eigenvalue weighted by atomic mass is 79.9. The molecule has 0 saturated heterocycles. The number of fused-ring (bicyclic) bond motifs is 2. The van der Waals surface area contributed by atoms with Crippen LogP contribution in [0.4, 0.5) is 5.82 Å². The van der Waals surface area contributed by atoms with Crippen LogP contribution in [0.25, 0.3) is 0 Å². The molecule has 1 amide bonds. The van der Waals surface area contributed by atoms with Crippen molar-refractivity contribution >= 4 is 27.7 Å². The number of hydrogen-bond acceptors (Lipinski definition) is 4. The summed E-state index contributed by atoms with van der Waals surface area (Å²) in [6.45, 7) is 3.78. The van der Waals surface area contributed by atoms with E-state index < -0.39 is 4.92 Å². The largest absolute Gasteiger partial charge is 0.404 e. The fourth-order valence-corrected chi connectivity index (χ4v) is 4.66. The predicted octanol–water partition coefficient (Wildman–Crippen LogP) is 2.80. The van der Waals surface area contributed by atoms with E-state index in [0.717, 1.165) is 11.8 Å². The van der Waals surface area contributed by atoms with Crippen LogP contribution in [0.5, 0.6) is 0 Å². The van der Waals surface area contributed by atoms with Crippen LogP contribution in [-0.4, -0.2) is 26.7 Å². The third-order valence-corrected chi connectivity index (χ3v) is 6.34. The smallest absolute Gasteiger partial charge is 0.358 e. The molecule has 2 saturated carbocycles. The molecule has 1 heterocycles. The number of carbonyl (C=O) groups is 1. The van der Waals surface area contributed by atoms with E-state index in [-0.39, 0.29) is 24.3 Å². The van der Waals surface area contributed by atoms with Crippen molar-refractivity contribution in [3.8, 4) is 0 Å². The van der Waals surface area contributed by atoms with Gasteiger partial charge < -0.3 is 15.4 Å². The molecule has 0 aromatic carbocycles. The molecular formula is C15H21BrN4O3. The zero-order chi connectivity index (χ0) is 16.7. The van der Waals surface area contributed by atoms with Gasteiger partial charge in [0.15, 0.2) is 0 Å². The number of nitrogens with zero attached hydrogens (tertiary/aromatic N) is 3. The van der Waals surface area contributed by atoms with Crippen molar-refractivity contribution in [3.63, 3.8) is 0 Å². The lowest BCUT2D eigenvalue weighted by Gasteiger charge is -2.28. The summed E-state index contributed by atoms with van der Waals surface area (Å²) in [6, 6.07) is 0.145. The summed E-state index contributed by atoms with van der Waals surface area (Å²) in [5, 5.41) is 17.9. The van der Waals surface area contributed by atoms with Crippen LogP contribution in [-0.2, 0) is 11.3 Å². The second-order valence-corrected chi connectivity index (χ2v) is 7.63. The molecule has 0 unspecified atom stereocenters. The first kappa shape index (κ1) is 16.4. The van der Waals surface area contributed by atoms with Gasteiger partial charge in [0, 0.05) is 6.04 Å². The fraction of sp³-hybridized carbons (Fsp3) is 0.733. The molecule has 7 nitrogen and oxygen atoms in total. The number of nitro groups is 1. The molecule has 2 fully saturated rings. The molecule has 4 atom stereocenters. The molecular weight excluding hydrogens is 364 g/mol. The summed E-state index contributed by atoms with van der Waals surface area (Å²) in [5.41, 5.74) is 0.583. The molecule has 0 aliphatic heterocycles. The SMILES string of the molecule is Cc1c(Br)c([N+](=O)[O-])nn1CC(=O)N[C@H](C)[C@@H]1C[C@@H]2CC[C@@H]1C2. The third kappa shape index (κ3) is 3.13. The van der Waals surface area contributed by atoms with E-state index in [1.165, 1.54) is 30.4 Å². The van der Waals surface area contributed by atoms with Gasteiger partial charge in [0.2, 0.25) is 5.91 Å². The van der Waals surface area contributed by atoms with Gasteiger partial charge in [-0.2, -0.15) is 4.68 Å². The summed E-state index contributed by atoms with van der Waals surface area (Å²) >= 11 is 3.16. The monoisotopic (exact) mass is 384 g/mol. The minimum Gasteiger partial charge on any atom is -0.358 e. The summed E-state index contributed by atoms with van der Waals surface area (Å²) in [7, 11) is 0. The van der Waals surface area contributed by atoms with E-state index in [2.05, 4.69) is 33.3 Å². The highest BCUT2D eigenvalue weighted by Gasteiger charge is 2.42. The molecule has 2 aliphatic rings. The molecule has 2 bridgehead atoms. The van der Waals surface area contributed by atoms with Crippen molar-refractivity contribution in [1.82, 2.24) is 15.1 Å². The number of carbonyl (C=O) groups excluding carboxylic acids is 1. The van der Waals surface area contributed by atoms with Crippen LogP contribution in [0.15, 0.2) is 4.47 Å². The first-order chi connectivity index (χ1) is 10.9. The normalized spacial score (nSPS) is 27.2. The van der Waals surface area contributed by atoms with Gasteiger partial charge in [0.05, 0.1) is 10.8 Å². The van der Waals surface area contributed by atoms with Gasteiger partial charge in [-0.1, -0.05) is 6.42 Å². The Labute approximate surface area is 143 Å². The van der Waals surface area contributed by atoms with Gasteiger partial charge in [-0.05, 0) is 71.7 Å². The molecule has 3 rings (SSSR count). The zero-order valence-electron chi connectivity index (χ0n) is 13.3. The summed E-state index contributed by atoms with van der Waals surface area (Å²) < 4.78 is 1.71. The summed E-state index contributed by atoms with van der Waals surface area (Å²) in [5.74, 6) is 1.76. The van der Waals surface area contributed by atoms with Gasteiger partial charge in [-0.25, -0.2) is 0 Å². The second-order valence-electron chi connectivity index (χ2n) is 6.83. The average molecular weight is 385 g/mol. The van der Waals surface area contributed by atoms with E-state index in [4.69, 9.17) is 0 Å². The van der Waals surface area contributed by atoms with Crippen LogP contribution in [0, 0.1) is 34.8 Å². The molecule has 1 N–H and O–H groups in total. The highest BCUT2D eigenvalue weighted by molar-refractivity contribution is 9.10. The Hall–Kier alpha value is -1.44. The maximum Gasteiger partial charge on any atom is 0.404 e. The van der Waals surface area contributed by atoms with E-state index in [9.17, 15) is 14.9 Å². The van der Waals surface area contributed by atoms with Crippen LogP contribution in [0.3, 0.4) is 0 Å². The Kier molecular flexibility index (Phi) is 4.44. The highest BCUT2D eigenvalue weighted by Crippen LogP contribution is 2.49. The van der Waals surface area contributed by atoms with E-state index in [1.54, 1.807) is 6.92 Å². The Bertz CT molecular complexity index is 645. The van der Waals surface area contributed by atoms with Gasteiger partial charge in [-0.15, -0.1) is 0 Å². The van der Waals surface area contributed by atoms with Gasteiger partial charge in [0.1, 0.15) is 11.0 Å². The van der Waals surface area contributed by atoms with Crippen molar-refractivity contribution in [2.75, 3.05) is 0 Å². The van der Waals surface area contributed by atoms with Crippen LogP contribution in [0.2, 0.25) is 0 Å². The molecule has 0 spiro atoms. The summed E-state index contributed by atoms with van der Waals surface area (Å²) in [6.07, 6.45) is 5.14. The van der Waals surface area contributed by atoms with Crippen LogP contribution < -0.4 is 5.32 Å². The van der Waals surface area contributed by atoms with E-state index in [1.807, 2.05) is 0 Å². The van der Waals surface area contributed by atoms with Gasteiger partial charge >= 0.3 is 5.82 Å². The number of amides is 1. The average Bonchev–Trinajstić information content (AvgIpc) is 3.17. The van der Waals surface area contributed by atoms with E-state index in [0.29, 0.717) is 16.1 Å². The van der Waals surface area contributed by atoms with Crippen molar-refractivity contribution in [2.45, 2.75) is 52.1 Å².